The second kappa shape index (κ2) is 7.62. The van der Waals surface area contributed by atoms with Crippen molar-refractivity contribution in [3.05, 3.63) is 30.0 Å². The van der Waals surface area contributed by atoms with Gasteiger partial charge in [-0.25, -0.2) is 0 Å². The summed E-state index contributed by atoms with van der Waals surface area (Å²) < 4.78 is 10.6. The summed E-state index contributed by atoms with van der Waals surface area (Å²) in [7, 11) is 3.20. The highest BCUT2D eigenvalue weighted by molar-refractivity contribution is 5.94. The van der Waals surface area contributed by atoms with E-state index in [1.54, 1.807) is 38.6 Å². The molecule has 3 rings (SSSR count). The van der Waals surface area contributed by atoms with Crippen LogP contribution in [0.2, 0.25) is 0 Å². The number of rotatable bonds is 7. The number of hydrogen-bond donors (Lipinski definition) is 4. The molecule has 0 saturated carbocycles. The molecule has 0 aliphatic carbocycles. The molecule has 0 aliphatic rings. The largest absolute Gasteiger partial charge is 0.494 e. The number of anilines is 4. The predicted molar refractivity (Wildman–Crippen MR) is 109 cm³/mol. The SMILES string of the molecule is COCC(C)(C)Nc1nc(Nc2ccc(N)cc2OC)nc2[nH]cc(C#N)c12. The van der Waals surface area contributed by atoms with Crippen molar-refractivity contribution in [1.29, 1.82) is 5.26 Å². The molecular formula is C19H23N7O2. The number of ether oxygens (including phenoxy) is 2. The molecule has 1 aromatic carbocycles. The fourth-order valence-corrected chi connectivity index (χ4v) is 2.92. The molecule has 0 spiro atoms. The Morgan fingerprint density at radius 1 is 1.29 bits per heavy atom. The van der Waals surface area contributed by atoms with E-state index in [9.17, 15) is 5.26 Å². The van der Waals surface area contributed by atoms with Gasteiger partial charge in [0.25, 0.3) is 0 Å². The second-order valence-electron chi connectivity index (χ2n) is 6.96. The van der Waals surface area contributed by atoms with E-state index < -0.39 is 5.54 Å². The summed E-state index contributed by atoms with van der Waals surface area (Å²) in [6, 6.07) is 7.42. The Bertz CT molecular complexity index is 1040. The van der Waals surface area contributed by atoms with Gasteiger partial charge in [0.15, 0.2) is 0 Å². The molecule has 0 bridgehead atoms. The first-order chi connectivity index (χ1) is 13.4. The van der Waals surface area contributed by atoms with Gasteiger partial charge in [-0.2, -0.15) is 15.2 Å². The summed E-state index contributed by atoms with van der Waals surface area (Å²) in [6.45, 7) is 4.43. The molecule has 28 heavy (non-hydrogen) atoms. The van der Waals surface area contributed by atoms with Crippen molar-refractivity contribution in [1.82, 2.24) is 15.0 Å². The van der Waals surface area contributed by atoms with Crippen molar-refractivity contribution in [2.75, 3.05) is 37.2 Å². The first kappa shape index (κ1) is 19.3. The van der Waals surface area contributed by atoms with Gasteiger partial charge >= 0.3 is 0 Å². The standard InChI is InChI=1S/C19H23N7O2/c1-19(2,10-27-3)26-17-15-11(8-20)9-22-16(15)24-18(25-17)23-13-6-5-12(21)7-14(13)28-4/h5-7,9H,10,21H2,1-4H3,(H3,22,23,24,25,26). The first-order valence-electron chi connectivity index (χ1n) is 8.63. The highest BCUT2D eigenvalue weighted by atomic mass is 16.5. The van der Waals surface area contributed by atoms with E-state index in [2.05, 4.69) is 31.7 Å². The van der Waals surface area contributed by atoms with Crippen molar-refractivity contribution < 1.29 is 9.47 Å². The zero-order chi connectivity index (χ0) is 20.3. The molecule has 3 aromatic rings. The molecule has 0 unspecified atom stereocenters. The highest BCUT2D eigenvalue weighted by Gasteiger charge is 2.22. The fourth-order valence-electron chi connectivity index (χ4n) is 2.92. The van der Waals surface area contributed by atoms with E-state index in [0.717, 1.165) is 0 Å². The van der Waals surface area contributed by atoms with Gasteiger partial charge in [-0.3, -0.25) is 0 Å². The monoisotopic (exact) mass is 381 g/mol. The Morgan fingerprint density at radius 3 is 2.75 bits per heavy atom. The second-order valence-corrected chi connectivity index (χ2v) is 6.96. The van der Waals surface area contributed by atoms with E-state index in [-0.39, 0.29) is 0 Å². The number of nitrogens with zero attached hydrogens (tertiary/aromatic N) is 3. The van der Waals surface area contributed by atoms with Gasteiger partial charge < -0.3 is 30.8 Å². The van der Waals surface area contributed by atoms with Crippen LogP contribution in [0.1, 0.15) is 19.4 Å². The summed E-state index contributed by atoms with van der Waals surface area (Å²) in [5, 5.41) is 16.6. The van der Waals surface area contributed by atoms with Crippen LogP contribution in [0.25, 0.3) is 11.0 Å². The third-order valence-corrected chi connectivity index (χ3v) is 4.09. The first-order valence-corrected chi connectivity index (χ1v) is 8.63. The number of fused-ring (bicyclic) bond motifs is 1. The Hall–Kier alpha value is -3.51. The summed E-state index contributed by atoms with van der Waals surface area (Å²) in [5.41, 5.74) is 7.67. The number of nitriles is 1. The van der Waals surface area contributed by atoms with E-state index in [1.165, 1.54) is 0 Å². The van der Waals surface area contributed by atoms with Crippen molar-refractivity contribution in [2.45, 2.75) is 19.4 Å². The molecule has 0 saturated heterocycles. The van der Waals surface area contributed by atoms with Crippen LogP contribution in [0.5, 0.6) is 5.75 Å². The zero-order valence-corrected chi connectivity index (χ0v) is 16.3. The molecule has 5 N–H and O–H groups in total. The maximum atomic E-state index is 9.43. The van der Waals surface area contributed by atoms with Gasteiger partial charge in [0, 0.05) is 25.1 Å². The van der Waals surface area contributed by atoms with Gasteiger partial charge in [-0.1, -0.05) is 0 Å². The number of benzene rings is 1. The van der Waals surface area contributed by atoms with Gasteiger partial charge in [0.2, 0.25) is 5.95 Å². The van der Waals surface area contributed by atoms with E-state index in [1.807, 2.05) is 13.8 Å². The third-order valence-electron chi connectivity index (χ3n) is 4.09. The molecule has 0 atom stereocenters. The van der Waals surface area contributed by atoms with E-state index in [0.29, 0.717) is 52.1 Å². The lowest BCUT2D eigenvalue weighted by molar-refractivity contribution is 0.158. The number of aromatic nitrogens is 3. The lowest BCUT2D eigenvalue weighted by atomic mass is 10.1. The minimum absolute atomic E-state index is 0.345. The van der Waals surface area contributed by atoms with Gasteiger partial charge in [0.1, 0.15) is 23.3 Å². The Labute approximate surface area is 162 Å². The Balaban J connectivity index is 2.06. The van der Waals surface area contributed by atoms with Crippen LogP contribution in [-0.2, 0) is 4.74 Å². The van der Waals surface area contributed by atoms with Gasteiger partial charge in [-0.05, 0) is 26.0 Å². The van der Waals surface area contributed by atoms with E-state index >= 15 is 0 Å². The topological polar surface area (TPSA) is 134 Å². The number of H-pyrrole nitrogens is 1. The number of methoxy groups -OCH3 is 2. The maximum Gasteiger partial charge on any atom is 0.231 e. The average Bonchev–Trinajstić information content (AvgIpc) is 3.06. The minimum Gasteiger partial charge on any atom is -0.494 e. The number of nitrogens with two attached hydrogens (primary N) is 1. The molecule has 2 aromatic heterocycles. The molecule has 0 radical (unpaired) electrons. The molecule has 0 aliphatic heterocycles. The quantitative estimate of drug-likeness (QED) is 0.459. The van der Waals surface area contributed by atoms with Crippen molar-refractivity contribution in [3.63, 3.8) is 0 Å². The molecule has 0 fully saturated rings. The summed E-state index contributed by atoms with van der Waals surface area (Å²) in [5.74, 6) is 1.45. The Kier molecular flexibility index (Phi) is 5.24. The normalized spacial score (nSPS) is 11.2. The number of hydrogen-bond acceptors (Lipinski definition) is 8. The Morgan fingerprint density at radius 2 is 2.07 bits per heavy atom. The molecule has 2 heterocycles. The van der Waals surface area contributed by atoms with Crippen molar-refractivity contribution in [3.8, 4) is 11.8 Å². The van der Waals surface area contributed by atoms with Crippen molar-refractivity contribution in [2.24, 2.45) is 0 Å². The van der Waals surface area contributed by atoms with Gasteiger partial charge in [0.05, 0.1) is 35.9 Å². The summed E-state index contributed by atoms with van der Waals surface area (Å²) in [6.07, 6.45) is 1.61. The molecule has 0 amide bonds. The van der Waals surface area contributed by atoms with E-state index in [4.69, 9.17) is 15.2 Å². The van der Waals surface area contributed by atoms with Crippen LogP contribution in [-0.4, -0.2) is 41.3 Å². The number of nitrogens with one attached hydrogen (secondary N) is 3. The fraction of sp³-hybridized carbons (Fsp3) is 0.316. The smallest absolute Gasteiger partial charge is 0.231 e. The lowest BCUT2D eigenvalue weighted by Gasteiger charge is -2.26. The highest BCUT2D eigenvalue weighted by Crippen LogP contribution is 2.32. The predicted octanol–water partition coefficient (Wildman–Crippen LogP) is 3.00. The zero-order valence-electron chi connectivity index (χ0n) is 16.3. The van der Waals surface area contributed by atoms with Crippen LogP contribution in [0.15, 0.2) is 24.4 Å². The minimum atomic E-state index is -0.407. The molecule has 9 nitrogen and oxygen atoms in total. The molecule has 9 heteroatoms. The summed E-state index contributed by atoms with van der Waals surface area (Å²) >= 11 is 0. The third kappa shape index (κ3) is 3.92. The van der Waals surface area contributed by atoms with Crippen LogP contribution >= 0.6 is 0 Å². The number of aromatic amines is 1. The van der Waals surface area contributed by atoms with Crippen LogP contribution < -0.4 is 21.1 Å². The van der Waals surface area contributed by atoms with Crippen LogP contribution in [0.3, 0.4) is 0 Å². The number of nitrogen functional groups attached to an aromatic ring is 1. The van der Waals surface area contributed by atoms with Gasteiger partial charge in [-0.15, -0.1) is 0 Å². The summed E-state index contributed by atoms with van der Waals surface area (Å²) in [4.78, 5) is 12.1. The van der Waals surface area contributed by atoms with Crippen LogP contribution in [0, 0.1) is 11.3 Å². The molecule has 146 valence electrons. The van der Waals surface area contributed by atoms with Crippen LogP contribution in [0.4, 0.5) is 23.1 Å². The lowest BCUT2D eigenvalue weighted by Crippen LogP contribution is -2.36. The maximum absolute atomic E-state index is 9.43. The molecular weight excluding hydrogens is 358 g/mol. The average molecular weight is 381 g/mol. The van der Waals surface area contributed by atoms with Crippen molar-refractivity contribution >= 4 is 34.2 Å².